The Labute approximate surface area is 178 Å². The highest BCUT2D eigenvalue weighted by Crippen LogP contribution is 2.58. The largest absolute Gasteiger partial charge is 0.465 e. The zero-order valence-corrected chi connectivity index (χ0v) is 18.6. The van der Waals surface area contributed by atoms with Crippen LogP contribution < -0.4 is 0 Å². The molecule has 0 saturated heterocycles. The standard InChI is InChI=1S/C19H30F4O7S/c1-16(2,25)13-10-7-11(14(13)17(3,4)26)9-12(8-10)15(24)30-6-5-18(20,21)19(22,23)31(27,28)29/h10-14,25-26H,5-9H2,1-4H3,(H,27,28,29). The number of hydrogen-bond donors (Lipinski definition) is 3. The number of hydrogen-bond acceptors (Lipinski definition) is 6. The number of rotatable bonds is 8. The number of aliphatic hydroxyl groups is 2. The summed E-state index contributed by atoms with van der Waals surface area (Å²) in [5.41, 5.74) is -2.27. The van der Waals surface area contributed by atoms with Crippen LogP contribution >= 0.6 is 0 Å². The molecule has 2 aliphatic rings. The fraction of sp³-hybridized carbons (Fsp3) is 0.947. The van der Waals surface area contributed by atoms with Crippen LogP contribution in [0.3, 0.4) is 0 Å². The summed E-state index contributed by atoms with van der Waals surface area (Å²) in [5, 5.41) is 15.6. The van der Waals surface area contributed by atoms with E-state index in [-0.39, 0.29) is 36.5 Å². The summed E-state index contributed by atoms with van der Waals surface area (Å²) in [6.07, 6.45) is -0.544. The molecule has 0 radical (unpaired) electrons. The lowest BCUT2D eigenvalue weighted by atomic mass is 9.70. The van der Waals surface area contributed by atoms with E-state index in [0.717, 1.165) is 0 Å². The van der Waals surface area contributed by atoms with E-state index < -0.39 is 57.4 Å². The third kappa shape index (κ3) is 5.17. The fourth-order valence-corrected chi connectivity index (χ4v) is 6.02. The van der Waals surface area contributed by atoms with Gasteiger partial charge in [-0.3, -0.25) is 9.35 Å². The van der Waals surface area contributed by atoms with Crippen molar-refractivity contribution >= 4 is 16.1 Å². The average Bonchev–Trinajstić information content (AvgIpc) is 2.83. The van der Waals surface area contributed by atoms with Gasteiger partial charge in [-0.05, 0) is 70.6 Å². The van der Waals surface area contributed by atoms with Crippen molar-refractivity contribution in [3.63, 3.8) is 0 Å². The number of esters is 1. The molecule has 4 unspecified atom stereocenters. The van der Waals surface area contributed by atoms with E-state index in [4.69, 9.17) is 9.29 Å². The highest BCUT2D eigenvalue weighted by Gasteiger charge is 2.65. The Balaban J connectivity index is 2.06. The number of carbonyl (C=O) groups excluding carboxylic acids is 1. The lowest BCUT2D eigenvalue weighted by Gasteiger charge is -2.40. The van der Waals surface area contributed by atoms with Crippen LogP contribution in [0.1, 0.15) is 53.4 Å². The van der Waals surface area contributed by atoms with Crippen LogP contribution in [0.15, 0.2) is 0 Å². The first kappa shape index (κ1) is 26.3. The molecule has 182 valence electrons. The Morgan fingerprint density at radius 3 is 1.71 bits per heavy atom. The van der Waals surface area contributed by atoms with E-state index in [1.54, 1.807) is 27.7 Å². The Morgan fingerprint density at radius 1 is 0.935 bits per heavy atom. The molecule has 31 heavy (non-hydrogen) atoms. The number of carbonyl (C=O) groups is 1. The van der Waals surface area contributed by atoms with Gasteiger partial charge >= 0.3 is 27.3 Å². The Hall–Kier alpha value is -0.980. The van der Waals surface area contributed by atoms with Crippen molar-refractivity contribution in [3.05, 3.63) is 0 Å². The maximum atomic E-state index is 13.6. The summed E-state index contributed by atoms with van der Waals surface area (Å²) < 4.78 is 87.7. The normalized spacial score (nSPS) is 30.4. The minimum absolute atomic E-state index is 0.127. The molecule has 2 saturated carbocycles. The molecule has 0 aromatic heterocycles. The lowest BCUT2D eigenvalue weighted by Crippen LogP contribution is -2.47. The second-order valence-corrected chi connectivity index (χ2v) is 11.4. The van der Waals surface area contributed by atoms with Gasteiger partial charge in [0.1, 0.15) is 0 Å². The molecule has 0 aromatic carbocycles. The van der Waals surface area contributed by atoms with Gasteiger partial charge in [-0.2, -0.15) is 26.0 Å². The van der Waals surface area contributed by atoms with Crippen molar-refractivity contribution in [2.75, 3.05) is 6.61 Å². The highest BCUT2D eigenvalue weighted by atomic mass is 32.2. The minimum Gasteiger partial charge on any atom is -0.465 e. The topological polar surface area (TPSA) is 121 Å². The van der Waals surface area contributed by atoms with E-state index in [1.807, 2.05) is 0 Å². The monoisotopic (exact) mass is 478 g/mol. The molecule has 7 nitrogen and oxygen atoms in total. The van der Waals surface area contributed by atoms with Gasteiger partial charge < -0.3 is 14.9 Å². The molecule has 0 amide bonds. The van der Waals surface area contributed by atoms with Gasteiger partial charge in [-0.25, -0.2) is 0 Å². The Bertz CT molecular complexity index is 758. The number of halogens is 4. The van der Waals surface area contributed by atoms with Gasteiger partial charge in [0.05, 0.1) is 30.1 Å². The molecule has 0 heterocycles. The second kappa shape index (κ2) is 8.11. The van der Waals surface area contributed by atoms with Gasteiger partial charge in [0.15, 0.2) is 0 Å². The van der Waals surface area contributed by atoms with Crippen LogP contribution in [-0.4, -0.2) is 58.1 Å². The first-order chi connectivity index (χ1) is 13.7. The highest BCUT2D eigenvalue weighted by molar-refractivity contribution is 7.87. The van der Waals surface area contributed by atoms with E-state index in [9.17, 15) is 41.0 Å². The van der Waals surface area contributed by atoms with Gasteiger partial charge in [0.25, 0.3) is 0 Å². The summed E-state index contributed by atoms with van der Waals surface area (Å²) in [7, 11) is -6.35. The first-order valence-corrected chi connectivity index (χ1v) is 11.5. The molecule has 2 aliphatic carbocycles. The molecular weight excluding hydrogens is 448 g/mol. The van der Waals surface area contributed by atoms with E-state index in [0.29, 0.717) is 6.42 Å². The van der Waals surface area contributed by atoms with Crippen LogP contribution in [0.5, 0.6) is 0 Å². The third-order valence-corrected chi connectivity index (χ3v) is 7.50. The van der Waals surface area contributed by atoms with E-state index in [2.05, 4.69) is 0 Å². The SMILES string of the molecule is CC(C)(O)C1C2CC(C(=O)OCCC(F)(F)C(F)(F)S(=O)(=O)O)CC(C2)C1C(C)(C)O. The molecule has 12 heteroatoms. The summed E-state index contributed by atoms with van der Waals surface area (Å²) in [5.74, 6) is -7.62. The quantitative estimate of drug-likeness (QED) is 0.279. The van der Waals surface area contributed by atoms with Crippen LogP contribution in [0.25, 0.3) is 0 Å². The zero-order chi connectivity index (χ0) is 24.2. The summed E-state index contributed by atoms with van der Waals surface area (Å²) in [6.45, 7) is 5.35. The van der Waals surface area contributed by atoms with E-state index >= 15 is 0 Å². The molecule has 0 aromatic rings. The molecular formula is C19H30F4O7S. The van der Waals surface area contributed by atoms with Crippen molar-refractivity contribution in [2.45, 2.75) is 75.8 Å². The van der Waals surface area contributed by atoms with Crippen LogP contribution in [-0.2, 0) is 19.6 Å². The molecule has 0 aliphatic heterocycles. The molecule has 0 spiro atoms. The van der Waals surface area contributed by atoms with Crippen molar-refractivity contribution in [3.8, 4) is 0 Å². The smallest absolute Gasteiger partial charge is 0.431 e. The van der Waals surface area contributed by atoms with Crippen LogP contribution in [0.2, 0.25) is 0 Å². The third-order valence-electron chi connectivity index (χ3n) is 6.56. The lowest BCUT2D eigenvalue weighted by molar-refractivity contribution is -0.176. The van der Waals surface area contributed by atoms with Crippen molar-refractivity contribution in [1.82, 2.24) is 0 Å². The minimum atomic E-state index is -6.35. The van der Waals surface area contributed by atoms with Crippen LogP contribution in [0.4, 0.5) is 17.6 Å². The van der Waals surface area contributed by atoms with Crippen molar-refractivity contribution < 1.29 is 50.3 Å². The predicted molar refractivity (Wildman–Crippen MR) is 101 cm³/mol. The maximum Gasteiger partial charge on any atom is 0.431 e. The second-order valence-electron chi connectivity index (χ2n) is 9.90. The molecule has 2 rings (SSSR count). The number of ether oxygens (including phenoxy) is 1. The number of alkyl halides is 4. The molecule has 2 fully saturated rings. The zero-order valence-electron chi connectivity index (χ0n) is 17.8. The maximum absolute atomic E-state index is 13.6. The molecule has 3 N–H and O–H groups in total. The fourth-order valence-electron chi connectivity index (χ4n) is 5.54. The Kier molecular flexibility index (Phi) is 6.87. The molecule has 2 bridgehead atoms. The van der Waals surface area contributed by atoms with E-state index in [1.165, 1.54) is 0 Å². The van der Waals surface area contributed by atoms with Crippen LogP contribution in [0, 0.1) is 29.6 Å². The first-order valence-electron chi connectivity index (χ1n) is 10.0. The molecule has 4 atom stereocenters. The predicted octanol–water partition coefficient (Wildman–Crippen LogP) is 2.86. The Morgan fingerprint density at radius 2 is 1.35 bits per heavy atom. The summed E-state index contributed by atoms with van der Waals surface area (Å²) >= 11 is 0. The van der Waals surface area contributed by atoms with Gasteiger partial charge in [-0.1, -0.05) is 0 Å². The average molecular weight is 479 g/mol. The van der Waals surface area contributed by atoms with Gasteiger partial charge in [0.2, 0.25) is 0 Å². The van der Waals surface area contributed by atoms with Crippen molar-refractivity contribution in [2.24, 2.45) is 29.6 Å². The number of fused-ring (bicyclic) bond motifs is 2. The summed E-state index contributed by atoms with van der Waals surface area (Å²) in [4.78, 5) is 12.4. The van der Waals surface area contributed by atoms with Gasteiger partial charge in [-0.15, -0.1) is 0 Å². The summed E-state index contributed by atoms with van der Waals surface area (Å²) in [6, 6.07) is 0. The van der Waals surface area contributed by atoms with Gasteiger partial charge in [0, 0.05) is 0 Å². The van der Waals surface area contributed by atoms with Crippen molar-refractivity contribution in [1.29, 1.82) is 0 Å².